The van der Waals surface area contributed by atoms with Crippen LogP contribution in [0.1, 0.15) is 32.1 Å². The zero-order chi connectivity index (χ0) is 11.5. The number of amides is 1. The molecule has 0 spiro atoms. The maximum absolute atomic E-state index is 12.2. The van der Waals surface area contributed by atoms with Crippen molar-refractivity contribution in [2.24, 2.45) is 5.92 Å². The van der Waals surface area contributed by atoms with Crippen molar-refractivity contribution in [3.8, 4) is 0 Å². The van der Waals surface area contributed by atoms with Gasteiger partial charge in [0.1, 0.15) is 0 Å². The van der Waals surface area contributed by atoms with E-state index in [-0.39, 0.29) is 24.5 Å². The van der Waals surface area contributed by atoms with Gasteiger partial charge in [-0.25, -0.2) is 0 Å². The summed E-state index contributed by atoms with van der Waals surface area (Å²) < 4.78 is 1.22. The number of hydrogen-bond donors (Lipinski definition) is 1. The lowest BCUT2D eigenvalue weighted by Crippen LogP contribution is -2.41. The molecular formula is C12H18BrNO2. The van der Waals surface area contributed by atoms with Gasteiger partial charge in [-0.05, 0) is 36.6 Å². The van der Waals surface area contributed by atoms with Gasteiger partial charge in [0.05, 0.1) is 12.6 Å². The highest BCUT2D eigenvalue weighted by Crippen LogP contribution is 2.30. The molecule has 1 amide bonds. The van der Waals surface area contributed by atoms with Crippen LogP contribution in [-0.2, 0) is 4.79 Å². The van der Waals surface area contributed by atoms with E-state index in [1.54, 1.807) is 0 Å². The van der Waals surface area contributed by atoms with Gasteiger partial charge in [0, 0.05) is 12.5 Å². The normalized spacial score (nSPS) is 30.4. The van der Waals surface area contributed by atoms with Crippen LogP contribution in [0.5, 0.6) is 0 Å². The summed E-state index contributed by atoms with van der Waals surface area (Å²) in [4.78, 5) is 14.1. The Balaban J connectivity index is 1.97. The first kappa shape index (κ1) is 12.1. The fourth-order valence-corrected chi connectivity index (χ4v) is 2.99. The first-order chi connectivity index (χ1) is 7.72. The van der Waals surface area contributed by atoms with Crippen molar-refractivity contribution < 1.29 is 9.90 Å². The Bertz CT molecular complexity index is 303. The monoisotopic (exact) mass is 287 g/mol. The van der Waals surface area contributed by atoms with Crippen LogP contribution in [-0.4, -0.2) is 35.1 Å². The molecule has 0 aromatic heterocycles. The van der Waals surface area contributed by atoms with Crippen molar-refractivity contribution in [2.75, 3.05) is 13.2 Å². The maximum Gasteiger partial charge on any atom is 0.226 e. The van der Waals surface area contributed by atoms with Crippen molar-refractivity contribution >= 4 is 21.8 Å². The van der Waals surface area contributed by atoms with Gasteiger partial charge in [-0.1, -0.05) is 22.0 Å². The molecule has 4 heteroatoms. The fourth-order valence-electron chi connectivity index (χ4n) is 2.58. The number of allylic oxidation sites excluding steroid dienone is 2. The Morgan fingerprint density at radius 1 is 1.56 bits per heavy atom. The summed E-state index contributed by atoms with van der Waals surface area (Å²) in [5, 5.41) is 9.21. The van der Waals surface area contributed by atoms with Crippen LogP contribution in [0.25, 0.3) is 0 Å². The number of aliphatic hydroxyl groups is 1. The van der Waals surface area contributed by atoms with Crippen molar-refractivity contribution in [3.63, 3.8) is 0 Å². The van der Waals surface area contributed by atoms with Crippen LogP contribution in [0, 0.1) is 5.92 Å². The molecular weight excluding hydrogens is 270 g/mol. The molecule has 3 nitrogen and oxygen atoms in total. The van der Waals surface area contributed by atoms with E-state index in [0.717, 1.165) is 38.6 Å². The Kier molecular flexibility index (Phi) is 4.03. The molecule has 0 aromatic carbocycles. The number of carbonyl (C=O) groups excluding carboxylic acids is 1. The molecule has 0 bridgehead atoms. The van der Waals surface area contributed by atoms with E-state index >= 15 is 0 Å². The molecule has 0 saturated carbocycles. The van der Waals surface area contributed by atoms with Gasteiger partial charge in [0.25, 0.3) is 0 Å². The molecule has 2 aliphatic rings. The molecule has 1 aliphatic heterocycles. The molecule has 90 valence electrons. The van der Waals surface area contributed by atoms with E-state index in [0.29, 0.717) is 0 Å². The van der Waals surface area contributed by atoms with Crippen molar-refractivity contribution in [2.45, 2.75) is 38.1 Å². The topological polar surface area (TPSA) is 40.5 Å². The fraction of sp³-hybridized carbons (Fsp3) is 0.750. The zero-order valence-electron chi connectivity index (χ0n) is 9.36. The highest BCUT2D eigenvalue weighted by Gasteiger charge is 2.32. The summed E-state index contributed by atoms with van der Waals surface area (Å²) in [5.74, 6) is 0.376. The van der Waals surface area contributed by atoms with E-state index < -0.39 is 0 Å². The smallest absolute Gasteiger partial charge is 0.226 e. The van der Waals surface area contributed by atoms with Crippen LogP contribution in [0.3, 0.4) is 0 Å². The Morgan fingerprint density at radius 2 is 2.38 bits per heavy atom. The summed E-state index contributed by atoms with van der Waals surface area (Å²) >= 11 is 3.47. The lowest BCUT2D eigenvalue weighted by Gasteiger charge is -2.28. The SMILES string of the molecule is O=C(C1CC=C(Br)CC1)N1CCCC1CO. The standard InChI is InChI=1S/C12H18BrNO2/c13-10-5-3-9(4-6-10)12(16)14-7-1-2-11(14)8-15/h5,9,11,15H,1-4,6-8H2. The number of aliphatic hydroxyl groups excluding tert-OH is 1. The summed E-state index contributed by atoms with van der Waals surface area (Å²) in [6.45, 7) is 0.934. The molecule has 16 heavy (non-hydrogen) atoms. The predicted octanol–water partition coefficient (Wildman–Crippen LogP) is 2.05. The summed E-state index contributed by atoms with van der Waals surface area (Å²) in [6, 6.07) is 0.0712. The molecule has 2 unspecified atom stereocenters. The third-order valence-corrected chi connectivity index (χ3v) is 4.30. The molecule has 1 N–H and O–H groups in total. The van der Waals surface area contributed by atoms with Crippen LogP contribution in [0.4, 0.5) is 0 Å². The van der Waals surface area contributed by atoms with E-state index in [2.05, 4.69) is 22.0 Å². The van der Waals surface area contributed by atoms with Crippen LogP contribution in [0.2, 0.25) is 0 Å². The maximum atomic E-state index is 12.2. The van der Waals surface area contributed by atoms with E-state index in [4.69, 9.17) is 0 Å². The third kappa shape index (κ3) is 2.48. The quantitative estimate of drug-likeness (QED) is 0.845. The zero-order valence-corrected chi connectivity index (χ0v) is 10.9. The molecule has 1 aliphatic carbocycles. The first-order valence-electron chi connectivity index (χ1n) is 5.98. The minimum Gasteiger partial charge on any atom is -0.394 e. The lowest BCUT2D eigenvalue weighted by molar-refractivity contribution is -0.137. The van der Waals surface area contributed by atoms with Gasteiger partial charge in [0.2, 0.25) is 5.91 Å². The van der Waals surface area contributed by atoms with Gasteiger partial charge in [-0.15, -0.1) is 0 Å². The molecule has 1 heterocycles. The summed E-state index contributed by atoms with van der Waals surface area (Å²) in [5.41, 5.74) is 0. The third-order valence-electron chi connectivity index (χ3n) is 3.58. The number of likely N-dealkylation sites (tertiary alicyclic amines) is 1. The molecule has 1 saturated heterocycles. The average molecular weight is 288 g/mol. The molecule has 1 fully saturated rings. The Morgan fingerprint density at radius 3 is 3.00 bits per heavy atom. The highest BCUT2D eigenvalue weighted by molar-refractivity contribution is 9.11. The largest absolute Gasteiger partial charge is 0.394 e. The van der Waals surface area contributed by atoms with E-state index in [9.17, 15) is 9.90 Å². The Labute approximate surface area is 105 Å². The Hall–Kier alpha value is -0.350. The number of carbonyl (C=O) groups is 1. The molecule has 2 rings (SSSR count). The van der Waals surface area contributed by atoms with Gasteiger partial charge in [0.15, 0.2) is 0 Å². The van der Waals surface area contributed by atoms with Gasteiger partial charge in [-0.2, -0.15) is 0 Å². The van der Waals surface area contributed by atoms with Gasteiger partial charge < -0.3 is 10.0 Å². The summed E-state index contributed by atoms with van der Waals surface area (Å²) in [7, 11) is 0. The second kappa shape index (κ2) is 5.32. The number of hydrogen-bond acceptors (Lipinski definition) is 2. The van der Waals surface area contributed by atoms with Crippen molar-refractivity contribution in [1.29, 1.82) is 0 Å². The van der Waals surface area contributed by atoms with Gasteiger partial charge in [-0.3, -0.25) is 4.79 Å². The second-order valence-corrected chi connectivity index (χ2v) is 5.65. The predicted molar refractivity (Wildman–Crippen MR) is 66.2 cm³/mol. The highest BCUT2D eigenvalue weighted by atomic mass is 79.9. The number of nitrogens with zero attached hydrogens (tertiary/aromatic N) is 1. The lowest BCUT2D eigenvalue weighted by atomic mass is 9.93. The van der Waals surface area contributed by atoms with Crippen LogP contribution in [0.15, 0.2) is 10.6 Å². The minimum absolute atomic E-state index is 0.0712. The molecule has 2 atom stereocenters. The van der Waals surface area contributed by atoms with Crippen LogP contribution >= 0.6 is 15.9 Å². The molecule has 0 aromatic rings. The second-order valence-electron chi connectivity index (χ2n) is 4.63. The molecule has 0 radical (unpaired) electrons. The van der Waals surface area contributed by atoms with Crippen LogP contribution < -0.4 is 0 Å². The van der Waals surface area contributed by atoms with E-state index in [1.165, 1.54) is 4.48 Å². The minimum atomic E-state index is 0.0712. The van der Waals surface area contributed by atoms with Gasteiger partial charge >= 0.3 is 0 Å². The summed E-state index contributed by atoms with van der Waals surface area (Å²) in [6.07, 6.45) is 6.83. The van der Waals surface area contributed by atoms with Crippen molar-refractivity contribution in [1.82, 2.24) is 4.90 Å². The van der Waals surface area contributed by atoms with Crippen molar-refractivity contribution in [3.05, 3.63) is 10.6 Å². The first-order valence-corrected chi connectivity index (χ1v) is 6.77. The van der Waals surface area contributed by atoms with E-state index in [1.807, 2.05) is 4.90 Å². The number of halogens is 1. The number of rotatable bonds is 2. The average Bonchev–Trinajstić information content (AvgIpc) is 2.77.